The summed E-state index contributed by atoms with van der Waals surface area (Å²) in [5, 5.41) is 1.73. The maximum Gasteiger partial charge on any atom is 0.153 e. The second kappa shape index (κ2) is 3.17. The molecule has 1 aromatic heterocycles. The Hall–Kier alpha value is -1.15. The smallest absolute Gasteiger partial charge is 0.153 e. The molecule has 1 aromatic carbocycles. The molecule has 1 aliphatic carbocycles. The second-order valence-corrected chi connectivity index (χ2v) is 4.50. The molecule has 0 bridgehead atoms. The first-order valence-electron chi connectivity index (χ1n) is 5.25. The number of benzene rings is 1. The number of hydrogen-bond acceptors (Lipinski definition) is 2. The highest BCUT2D eigenvalue weighted by molar-refractivity contribution is 6.35. The summed E-state index contributed by atoms with van der Waals surface area (Å²) < 4.78 is 5.79. The Morgan fingerprint density at radius 2 is 2.00 bits per heavy atom. The lowest BCUT2D eigenvalue weighted by Gasteiger charge is -2.08. The number of hydrogen-bond donors (Lipinski definition) is 1. The van der Waals surface area contributed by atoms with Crippen molar-refractivity contribution >= 4 is 28.3 Å². The van der Waals surface area contributed by atoms with Crippen molar-refractivity contribution in [2.75, 3.05) is 5.73 Å². The Labute approximate surface area is 93.0 Å². The number of nitrogen functional groups attached to an aromatic ring is 1. The van der Waals surface area contributed by atoms with E-state index in [0.29, 0.717) is 10.7 Å². The number of halogens is 1. The van der Waals surface area contributed by atoms with Crippen molar-refractivity contribution in [3.8, 4) is 0 Å². The van der Waals surface area contributed by atoms with Gasteiger partial charge in [0, 0.05) is 23.1 Å². The minimum Gasteiger partial charge on any atom is -0.459 e. The molecular formula is C12H12ClNO. The van der Waals surface area contributed by atoms with Crippen LogP contribution in [0.4, 0.5) is 5.69 Å². The number of fused-ring (bicyclic) bond motifs is 3. The molecule has 2 aromatic rings. The molecule has 0 fully saturated rings. The summed E-state index contributed by atoms with van der Waals surface area (Å²) in [6, 6.07) is 3.72. The first kappa shape index (κ1) is 9.10. The Bertz CT molecular complexity index is 530. The number of aryl methyl sites for hydroxylation is 2. The van der Waals surface area contributed by atoms with Crippen LogP contribution < -0.4 is 5.73 Å². The molecule has 1 aliphatic rings. The van der Waals surface area contributed by atoms with Crippen LogP contribution in [0.5, 0.6) is 0 Å². The Morgan fingerprint density at radius 1 is 1.20 bits per heavy atom. The van der Waals surface area contributed by atoms with E-state index in [0.717, 1.165) is 29.6 Å². The number of furan rings is 1. The molecule has 0 spiro atoms. The highest BCUT2D eigenvalue weighted by atomic mass is 35.5. The molecule has 0 aliphatic heterocycles. The molecule has 0 radical (unpaired) electrons. The van der Waals surface area contributed by atoms with Crippen molar-refractivity contribution in [2.24, 2.45) is 0 Å². The van der Waals surface area contributed by atoms with Crippen LogP contribution >= 0.6 is 11.6 Å². The van der Waals surface area contributed by atoms with Gasteiger partial charge in [0.2, 0.25) is 0 Å². The summed E-state index contributed by atoms with van der Waals surface area (Å²) in [6.07, 6.45) is 4.55. The maximum atomic E-state index is 6.11. The quantitative estimate of drug-likeness (QED) is 0.691. The van der Waals surface area contributed by atoms with E-state index in [1.165, 1.54) is 18.4 Å². The van der Waals surface area contributed by atoms with Crippen molar-refractivity contribution in [3.05, 3.63) is 28.5 Å². The van der Waals surface area contributed by atoms with E-state index in [1.54, 1.807) is 6.07 Å². The highest BCUT2D eigenvalue weighted by Crippen LogP contribution is 2.36. The largest absolute Gasteiger partial charge is 0.459 e. The van der Waals surface area contributed by atoms with Gasteiger partial charge in [0.25, 0.3) is 0 Å². The van der Waals surface area contributed by atoms with Crippen LogP contribution in [0.1, 0.15) is 24.2 Å². The standard InChI is InChI=1S/C12H12ClNO/c13-10-6-7(14)5-9-8-3-1-2-4-11(8)15-12(9)10/h5-6H,1-4,14H2. The minimum atomic E-state index is 0.624. The molecule has 0 unspecified atom stereocenters. The predicted octanol–water partition coefficient (Wildman–Crippen LogP) is 3.55. The third kappa shape index (κ3) is 1.32. The summed E-state index contributed by atoms with van der Waals surface area (Å²) in [5.74, 6) is 1.10. The average Bonchev–Trinajstić information content (AvgIpc) is 2.57. The number of rotatable bonds is 0. The van der Waals surface area contributed by atoms with Crippen LogP contribution in [-0.2, 0) is 12.8 Å². The van der Waals surface area contributed by atoms with Gasteiger partial charge >= 0.3 is 0 Å². The number of nitrogens with two attached hydrogens (primary N) is 1. The van der Waals surface area contributed by atoms with E-state index in [1.807, 2.05) is 6.07 Å². The highest BCUT2D eigenvalue weighted by Gasteiger charge is 2.19. The SMILES string of the molecule is Nc1cc(Cl)c2oc3c(c2c1)CCCC3. The van der Waals surface area contributed by atoms with E-state index in [-0.39, 0.29) is 0 Å². The molecule has 3 rings (SSSR count). The van der Waals surface area contributed by atoms with Crippen molar-refractivity contribution in [1.82, 2.24) is 0 Å². The van der Waals surface area contributed by atoms with Gasteiger partial charge in [-0.05, 0) is 31.4 Å². The topological polar surface area (TPSA) is 39.2 Å². The summed E-state index contributed by atoms with van der Waals surface area (Å²) in [6.45, 7) is 0. The summed E-state index contributed by atoms with van der Waals surface area (Å²) in [7, 11) is 0. The van der Waals surface area contributed by atoms with Crippen molar-refractivity contribution in [3.63, 3.8) is 0 Å². The van der Waals surface area contributed by atoms with Crippen LogP contribution in [0.15, 0.2) is 16.5 Å². The Kier molecular flexibility index (Phi) is 1.93. The van der Waals surface area contributed by atoms with Gasteiger partial charge < -0.3 is 10.2 Å². The fourth-order valence-electron chi connectivity index (χ4n) is 2.34. The normalized spacial score (nSPS) is 15.5. The van der Waals surface area contributed by atoms with Crippen LogP contribution in [0.2, 0.25) is 5.02 Å². The average molecular weight is 222 g/mol. The molecule has 3 heteroatoms. The molecule has 0 atom stereocenters. The molecule has 0 amide bonds. The molecule has 78 valence electrons. The molecule has 2 nitrogen and oxygen atoms in total. The van der Waals surface area contributed by atoms with Gasteiger partial charge in [0.05, 0.1) is 5.02 Å². The van der Waals surface area contributed by atoms with Crippen LogP contribution in [0.25, 0.3) is 11.0 Å². The summed E-state index contributed by atoms with van der Waals surface area (Å²) in [5.41, 5.74) is 8.61. The second-order valence-electron chi connectivity index (χ2n) is 4.09. The summed E-state index contributed by atoms with van der Waals surface area (Å²) in [4.78, 5) is 0. The van der Waals surface area contributed by atoms with Gasteiger partial charge in [-0.15, -0.1) is 0 Å². The third-order valence-electron chi connectivity index (χ3n) is 3.03. The van der Waals surface area contributed by atoms with Crippen LogP contribution in [-0.4, -0.2) is 0 Å². The molecule has 15 heavy (non-hydrogen) atoms. The lowest BCUT2D eigenvalue weighted by atomic mass is 9.96. The summed E-state index contributed by atoms with van der Waals surface area (Å²) >= 11 is 6.11. The lowest BCUT2D eigenvalue weighted by molar-refractivity contribution is 0.506. The molecular weight excluding hydrogens is 210 g/mol. The minimum absolute atomic E-state index is 0.624. The fraction of sp³-hybridized carbons (Fsp3) is 0.333. The zero-order valence-corrected chi connectivity index (χ0v) is 9.10. The molecule has 1 heterocycles. The zero-order valence-electron chi connectivity index (χ0n) is 8.35. The lowest BCUT2D eigenvalue weighted by Crippen LogP contribution is -1.98. The fourth-order valence-corrected chi connectivity index (χ4v) is 2.61. The van der Waals surface area contributed by atoms with E-state index in [9.17, 15) is 0 Å². The van der Waals surface area contributed by atoms with Crippen molar-refractivity contribution in [2.45, 2.75) is 25.7 Å². The zero-order chi connectivity index (χ0) is 10.4. The first-order valence-corrected chi connectivity index (χ1v) is 5.63. The van der Waals surface area contributed by atoms with Crippen LogP contribution in [0, 0.1) is 0 Å². The van der Waals surface area contributed by atoms with Gasteiger partial charge in [0.1, 0.15) is 5.76 Å². The monoisotopic (exact) mass is 221 g/mol. The van der Waals surface area contributed by atoms with Crippen LogP contribution in [0.3, 0.4) is 0 Å². The van der Waals surface area contributed by atoms with Crippen molar-refractivity contribution < 1.29 is 4.42 Å². The third-order valence-corrected chi connectivity index (χ3v) is 3.31. The first-order chi connectivity index (χ1) is 7.25. The van der Waals surface area contributed by atoms with E-state index in [4.69, 9.17) is 21.8 Å². The van der Waals surface area contributed by atoms with Gasteiger partial charge in [-0.1, -0.05) is 11.6 Å². The van der Waals surface area contributed by atoms with Gasteiger partial charge in [-0.3, -0.25) is 0 Å². The Morgan fingerprint density at radius 3 is 2.87 bits per heavy atom. The maximum absolute atomic E-state index is 6.11. The number of anilines is 1. The van der Waals surface area contributed by atoms with Gasteiger partial charge in [-0.2, -0.15) is 0 Å². The molecule has 0 saturated heterocycles. The van der Waals surface area contributed by atoms with E-state index in [2.05, 4.69) is 0 Å². The molecule has 0 saturated carbocycles. The van der Waals surface area contributed by atoms with Gasteiger partial charge in [-0.25, -0.2) is 0 Å². The molecule has 2 N–H and O–H groups in total. The van der Waals surface area contributed by atoms with Gasteiger partial charge in [0.15, 0.2) is 5.58 Å². The Balaban J connectivity index is 2.37. The van der Waals surface area contributed by atoms with E-state index < -0.39 is 0 Å². The van der Waals surface area contributed by atoms with E-state index >= 15 is 0 Å². The van der Waals surface area contributed by atoms with Crippen molar-refractivity contribution in [1.29, 1.82) is 0 Å². The predicted molar refractivity (Wildman–Crippen MR) is 62.3 cm³/mol.